The van der Waals surface area contributed by atoms with E-state index in [0.717, 1.165) is 6.42 Å². The van der Waals surface area contributed by atoms with Crippen molar-refractivity contribution in [3.8, 4) is 0 Å². The minimum absolute atomic E-state index is 0.0742. The molecule has 0 fully saturated rings. The lowest BCUT2D eigenvalue weighted by Gasteiger charge is -2.18. The molecule has 0 radical (unpaired) electrons. The first kappa shape index (κ1) is 17.2. The highest BCUT2D eigenvalue weighted by Gasteiger charge is 2.15. The largest absolute Gasteiger partial charge is 0.352 e. The summed E-state index contributed by atoms with van der Waals surface area (Å²) in [5.41, 5.74) is 1.84. The summed E-state index contributed by atoms with van der Waals surface area (Å²) in [6.45, 7) is 8.20. The molecule has 0 saturated carbocycles. The number of likely N-dealkylation sites (N-methyl/N-ethyl adjacent to an activating group) is 1. The van der Waals surface area contributed by atoms with E-state index in [4.69, 9.17) is 0 Å². The third kappa shape index (κ3) is 5.98. The van der Waals surface area contributed by atoms with Gasteiger partial charge in [0.15, 0.2) is 0 Å². The number of hydrogen-bond donors (Lipinski definition) is 1. The summed E-state index contributed by atoms with van der Waals surface area (Å²) >= 11 is 0. The van der Waals surface area contributed by atoms with Gasteiger partial charge in [0.2, 0.25) is 5.91 Å². The number of carbonyl (C=O) groups is 2. The average Bonchev–Trinajstić information content (AvgIpc) is 2.36. The molecule has 0 heterocycles. The summed E-state index contributed by atoms with van der Waals surface area (Å²) in [4.78, 5) is 25.4. The minimum atomic E-state index is -0.141. The fraction of sp³-hybridized carbons (Fsp3) is 0.529. The van der Waals surface area contributed by atoms with Gasteiger partial charge in [-0.25, -0.2) is 0 Å². The van der Waals surface area contributed by atoms with E-state index in [2.05, 4.69) is 19.2 Å². The van der Waals surface area contributed by atoms with Gasteiger partial charge < -0.3 is 10.2 Å². The molecule has 0 unspecified atom stereocenters. The predicted octanol–water partition coefficient (Wildman–Crippen LogP) is 2.48. The molecule has 2 amide bonds. The Bertz CT molecular complexity index is 478. The summed E-state index contributed by atoms with van der Waals surface area (Å²) in [7, 11) is 1.64. The Balaban J connectivity index is 2.63. The lowest BCUT2D eigenvalue weighted by atomic mass is 10.0. The van der Waals surface area contributed by atoms with Crippen LogP contribution in [-0.4, -0.2) is 36.3 Å². The first-order chi connectivity index (χ1) is 9.79. The normalized spacial score (nSPS) is 10.8. The van der Waals surface area contributed by atoms with Crippen LogP contribution in [0.15, 0.2) is 24.3 Å². The van der Waals surface area contributed by atoms with Crippen LogP contribution < -0.4 is 5.32 Å². The van der Waals surface area contributed by atoms with Crippen LogP contribution in [0.2, 0.25) is 0 Å². The summed E-state index contributed by atoms with van der Waals surface area (Å²) in [5, 5.41) is 2.78. The van der Waals surface area contributed by atoms with Gasteiger partial charge in [0.05, 0.1) is 6.54 Å². The van der Waals surface area contributed by atoms with E-state index >= 15 is 0 Å². The molecule has 0 atom stereocenters. The maximum Gasteiger partial charge on any atom is 0.254 e. The average molecular weight is 290 g/mol. The Labute approximate surface area is 127 Å². The molecule has 1 N–H and O–H groups in total. The lowest BCUT2D eigenvalue weighted by Crippen LogP contribution is -2.40. The zero-order valence-corrected chi connectivity index (χ0v) is 13.6. The van der Waals surface area contributed by atoms with Crippen LogP contribution in [0.25, 0.3) is 0 Å². The van der Waals surface area contributed by atoms with Gasteiger partial charge in [-0.3, -0.25) is 9.59 Å². The van der Waals surface area contributed by atoms with Crippen molar-refractivity contribution < 1.29 is 9.59 Å². The number of carbonyl (C=O) groups excluding carboxylic acids is 2. The van der Waals surface area contributed by atoms with Gasteiger partial charge in [0, 0.05) is 18.7 Å². The molecule has 1 rings (SSSR count). The Hall–Kier alpha value is -1.84. The van der Waals surface area contributed by atoms with E-state index in [1.807, 2.05) is 38.1 Å². The number of rotatable bonds is 6. The van der Waals surface area contributed by atoms with Crippen molar-refractivity contribution in [2.24, 2.45) is 5.92 Å². The maximum atomic E-state index is 12.2. The van der Waals surface area contributed by atoms with E-state index < -0.39 is 0 Å². The van der Waals surface area contributed by atoms with Gasteiger partial charge in [0.1, 0.15) is 0 Å². The molecule has 21 heavy (non-hydrogen) atoms. The number of amides is 2. The van der Waals surface area contributed by atoms with Gasteiger partial charge in [-0.1, -0.05) is 26.0 Å². The molecule has 0 saturated heterocycles. The first-order valence-electron chi connectivity index (χ1n) is 7.43. The van der Waals surface area contributed by atoms with Crippen molar-refractivity contribution in [3.05, 3.63) is 35.4 Å². The van der Waals surface area contributed by atoms with Crippen molar-refractivity contribution in [1.29, 1.82) is 0 Å². The molecular weight excluding hydrogens is 264 g/mol. The number of nitrogens with zero attached hydrogens (tertiary/aromatic N) is 1. The van der Waals surface area contributed by atoms with E-state index in [0.29, 0.717) is 11.5 Å². The topological polar surface area (TPSA) is 49.4 Å². The molecule has 0 aliphatic carbocycles. The quantitative estimate of drug-likeness (QED) is 0.875. The Morgan fingerprint density at radius 3 is 2.14 bits per heavy atom. The summed E-state index contributed by atoms with van der Waals surface area (Å²) < 4.78 is 0. The van der Waals surface area contributed by atoms with Crippen LogP contribution in [0, 0.1) is 5.92 Å². The zero-order chi connectivity index (χ0) is 16.0. The highest BCUT2D eigenvalue weighted by molar-refractivity contribution is 5.96. The molecule has 116 valence electrons. The van der Waals surface area contributed by atoms with Crippen LogP contribution in [0.1, 0.15) is 43.6 Å². The van der Waals surface area contributed by atoms with Crippen molar-refractivity contribution >= 4 is 11.8 Å². The van der Waals surface area contributed by atoms with Crippen LogP contribution in [0.5, 0.6) is 0 Å². The molecule has 0 aromatic heterocycles. The van der Waals surface area contributed by atoms with E-state index in [9.17, 15) is 9.59 Å². The van der Waals surface area contributed by atoms with Crippen LogP contribution in [0.4, 0.5) is 0 Å². The lowest BCUT2D eigenvalue weighted by molar-refractivity contribution is -0.122. The van der Waals surface area contributed by atoms with Crippen molar-refractivity contribution in [2.75, 3.05) is 13.6 Å². The van der Waals surface area contributed by atoms with Gasteiger partial charge in [0.25, 0.3) is 5.91 Å². The second-order valence-corrected chi connectivity index (χ2v) is 6.18. The minimum Gasteiger partial charge on any atom is -0.352 e. The molecule has 4 nitrogen and oxygen atoms in total. The smallest absolute Gasteiger partial charge is 0.254 e. The third-order valence-corrected chi connectivity index (χ3v) is 3.02. The molecule has 0 bridgehead atoms. The molecule has 0 aliphatic heterocycles. The molecule has 1 aromatic rings. The zero-order valence-electron chi connectivity index (χ0n) is 13.6. The van der Waals surface area contributed by atoms with E-state index in [-0.39, 0.29) is 24.4 Å². The van der Waals surface area contributed by atoms with Gasteiger partial charge in [-0.15, -0.1) is 0 Å². The van der Waals surface area contributed by atoms with Crippen LogP contribution in [0.3, 0.4) is 0 Å². The number of nitrogens with one attached hydrogen (secondary N) is 1. The molecular formula is C17H26N2O2. The fourth-order valence-electron chi connectivity index (χ4n) is 2.13. The van der Waals surface area contributed by atoms with E-state index in [1.165, 1.54) is 10.5 Å². The van der Waals surface area contributed by atoms with Gasteiger partial charge >= 0.3 is 0 Å². The molecule has 4 heteroatoms. The van der Waals surface area contributed by atoms with Crippen LogP contribution in [-0.2, 0) is 11.2 Å². The van der Waals surface area contributed by atoms with Crippen molar-refractivity contribution in [3.63, 3.8) is 0 Å². The van der Waals surface area contributed by atoms with Crippen molar-refractivity contribution in [1.82, 2.24) is 10.2 Å². The van der Waals surface area contributed by atoms with Crippen molar-refractivity contribution in [2.45, 2.75) is 40.2 Å². The Kier molecular flexibility index (Phi) is 6.40. The maximum absolute atomic E-state index is 12.2. The molecule has 0 aliphatic rings. The van der Waals surface area contributed by atoms with E-state index in [1.54, 1.807) is 7.05 Å². The van der Waals surface area contributed by atoms with Gasteiger partial charge in [-0.2, -0.15) is 0 Å². The number of benzene rings is 1. The molecule has 0 spiro atoms. The summed E-state index contributed by atoms with van der Waals surface area (Å²) in [6.07, 6.45) is 1.00. The highest BCUT2D eigenvalue weighted by Crippen LogP contribution is 2.11. The Morgan fingerprint density at radius 1 is 1.10 bits per heavy atom. The first-order valence-corrected chi connectivity index (χ1v) is 7.43. The Morgan fingerprint density at radius 2 is 1.67 bits per heavy atom. The second-order valence-electron chi connectivity index (χ2n) is 6.18. The standard InChI is InChI=1S/C17H26N2O2/c1-12(2)10-14-6-8-15(9-7-14)17(21)19(5)11-16(20)18-13(3)4/h6-9,12-13H,10-11H2,1-5H3,(H,18,20). The summed E-state index contributed by atoms with van der Waals surface area (Å²) in [6, 6.07) is 7.70. The number of hydrogen-bond acceptors (Lipinski definition) is 2. The highest BCUT2D eigenvalue weighted by atomic mass is 16.2. The predicted molar refractivity (Wildman–Crippen MR) is 85.2 cm³/mol. The monoisotopic (exact) mass is 290 g/mol. The second kappa shape index (κ2) is 7.81. The molecule has 1 aromatic carbocycles. The summed E-state index contributed by atoms with van der Waals surface area (Å²) in [5.74, 6) is 0.316. The SMILES string of the molecule is CC(C)Cc1ccc(C(=O)N(C)CC(=O)NC(C)C)cc1. The third-order valence-electron chi connectivity index (χ3n) is 3.02. The van der Waals surface area contributed by atoms with Crippen LogP contribution >= 0.6 is 0 Å². The van der Waals surface area contributed by atoms with Gasteiger partial charge in [-0.05, 0) is 43.9 Å². The fourth-order valence-corrected chi connectivity index (χ4v) is 2.13.